The average molecular weight is 442 g/mol. The molecular formula is C22H24ClN5O3. The first-order chi connectivity index (χ1) is 15.1. The van der Waals surface area contributed by atoms with Crippen molar-refractivity contribution in [3.05, 3.63) is 63.9 Å². The van der Waals surface area contributed by atoms with E-state index in [1.54, 1.807) is 24.3 Å². The summed E-state index contributed by atoms with van der Waals surface area (Å²) in [7, 11) is 0. The molecule has 1 aliphatic heterocycles. The summed E-state index contributed by atoms with van der Waals surface area (Å²) < 4.78 is 7.01. The fraction of sp³-hybridized carbons (Fsp3) is 0.364. The molecule has 9 heteroatoms. The van der Waals surface area contributed by atoms with Crippen LogP contribution in [-0.2, 0) is 11.3 Å². The van der Waals surface area contributed by atoms with E-state index in [9.17, 15) is 9.59 Å². The molecular weight excluding hydrogens is 418 g/mol. The summed E-state index contributed by atoms with van der Waals surface area (Å²) in [5.74, 6) is 0.707. The summed E-state index contributed by atoms with van der Waals surface area (Å²) in [5, 5.41) is 9.13. The zero-order chi connectivity index (χ0) is 21.6. The standard InChI is InChI=1S/C22H24ClN5O3/c23-18-6-2-4-8-20(18)31-16-15-26-11-13-27(14-12-26)21(29)9-10-28-22(30)17-5-1-3-7-19(17)24-25-28/h1-8H,9-16H2. The van der Waals surface area contributed by atoms with Gasteiger partial charge in [0, 0.05) is 39.1 Å². The van der Waals surface area contributed by atoms with E-state index < -0.39 is 0 Å². The van der Waals surface area contributed by atoms with E-state index in [-0.39, 0.29) is 24.4 Å². The summed E-state index contributed by atoms with van der Waals surface area (Å²) >= 11 is 6.10. The highest BCUT2D eigenvalue weighted by Crippen LogP contribution is 2.22. The van der Waals surface area contributed by atoms with E-state index in [1.165, 1.54) is 4.68 Å². The summed E-state index contributed by atoms with van der Waals surface area (Å²) in [4.78, 5) is 29.2. The number of hydrogen-bond acceptors (Lipinski definition) is 6. The van der Waals surface area contributed by atoms with Crippen molar-refractivity contribution >= 4 is 28.4 Å². The van der Waals surface area contributed by atoms with Gasteiger partial charge in [-0.1, -0.05) is 41.1 Å². The molecule has 0 bridgehead atoms. The Morgan fingerprint density at radius 3 is 2.55 bits per heavy atom. The minimum atomic E-state index is -0.221. The Labute approximate surface area is 185 Å². The van der Waals surface area contributed by atoms with Gasteiger partial charge in [0.1, 0.15) is 17.9 Å². The molecule has 1 saturated heterocycles. The number of piperazine rings is 1. The smallest absolute Gasteiger partial charge is 0.277 e. The molecule has 2 heterocycles. The second-order valence-electron chi connectivity index (χ2n) is 7.39. The summed E-state index contributed by atoms with van der Waals surface area (Å²) in [5.41, 5.74) is 0.339. The highest BCUT2D eigenvalue weighted by Gasteiger charge is 2.21. The number of para-hydroxylation sites is 1. The van der Waals surface area contributed by atoms with Gasteiger partial charge in [0.25, 0.3) is 5.56 Å². The molecule has 31 heavy (non-hydrogen) atoms. The molecule has 0 atom stereocenters. The summed E-state index contributed by atoms with van der Waals surface area (Å²) in [6.07, 6.45) is 0.225. The zero-order valence-corrected chi connectivity index (χ0v) is 17.9. The molecule has 4 rings (SSSR count). The third-order valence-corrected chi connectivity index (χ3v) is 5.71. The van der Waals surface area contributed by atoms with E-state index in [2.05, 4.69) is 15.2 Å². The van der Waals surface area contributed by atoms with Crippen LogP contribution in [-0.4, -0.2) is 70.0 Å². The molecule has 1 fully saturated rings. The van der Waals surface area contributed by atoms with E-state index in [0.29, 0.717) is 41.4 Å². The fourth-order valence-corrected chi connectivity index (χ4v) is 3.79. The first-order valence-corrected chi connectivity index (χ1v) is 10.7. The van der Waals surface area contributed by atoms with Crippen molar-refractivity contribution in [2.24, 2.45) is 0 Å². The van der Waals surface area contributed by atoms with Crippen LogP contribution < -0.4 is 10.3 Å². The summed E-state index contributed by atoms with van der Waals surface area (Å²) in [6.45, 7) is 4.42. The molecule has 0 spiro atoms. The normalized spacial score (nSPS) is 14.7. The quantitative estimate of drug-likeness (QED) is 0.558. The number of rotatable bonds is 7. The maximum absolute atomic E-state index is 12.6. The van der Waals surface area contributed by atoms with Crippen LogP contribution in [0.1, 0.15) is 6.42 Å². The van der Waals surface area contributed by atoms with Gasteiger partial charge < -0.3 is 9.64 Å². The topological polar surface area (TPSA) is 80.6 Å². The second kappa shape index (κ2) is 9.89. The molecule has 2 aromatic carbocycles. The Bertz CT molecular complexity index is 1110. The van der Waals surface area contributed by atoms with Gasteiger partial charge in [-0.15, -0.1) is 5.10 Å². The number of aryl methyl sites for hydroxylation is 1. The molecule has 1 aliphatic rings. The van der Waals surface area contributed by atoms with Crippen molar-refractivity contribution in [3.8, 4) is 5.75 Å². The van der Waals surface area contributed by atoms with Crippen molar-refractivity contribution in [2.75, 3.05) is 39.3 Å². The third kappa shape index (κ3) is 5.21. The Hall–Kier alpha value is -2.97. The van der Waals surface area contributed by atoms with Gasteiger partial charge in [0.2, 0.25) is 5.91 Å². The lowest BCUT2D eigenvalue weighted by Crippen LogP contribution is -2.49. The number of halogens is 1. The molecule has 1 aromatic heterocycles. The molecule has 1 amide bonds. The lowest BCUT2D eigenvalue weighted by atomic mass is 10.2. The zero-order valence-electron chi connectivity index (χ0n) is 17.1. The number of amides is 1. The molecule has 0 N–H and O–H groups in total. The molecule has 8 nitrogen and oxygen atoms in total. The van der Waals surface area contributed by atoms with Crippen LogP contribution in [0.2, 0.25) is 5.02 Å². The number of ether oxygens (including phenoxy) is 1. The van der Waals surface area contributed by atoms with Crippen molar-refractivity contribution in [2.45, 2.75) is 13.0 Å². The fourth-order valence-electron chi connectivity index (χ4n) is 3.60. The average Bonchev–Trinajstić information content (AvgIpc) is 2.80. The monoisotopic (exact) mass is 441 g/mol. The van der Waals surface area contributed by atoms with Gasteiger partial charge in [0.05, 0.1) is 17.0 Å². The van der Waals surface area contributed by atoms with Gasteiger partial charge in [-0.3, -0.25) is 14.5 Å². The predicted molar refractivity (Wildman–Crippen MR) is 118 cm³/mol. The van der Waals surface area contributed by atoms with Crippen LogP contribution >= 0.6 is 11.6 Å². The van der Waals surface area contributed by atoms with Crippen LogP contribution in [0, 0.1) is 0 Å². The van der Waals surface area contributed by atoms with Gasteiger partial charge >= 0.3 is 0 Å². The van der Waals surface area contributed by atoms with Crippen molar-refractivity contribution in [3.63, 3.8) is 0 Å². The number of nitrogens with zero attached hydrogens (tertiary/aromatic N) is 5. The van der Waals surface area contributed by atoms with Crippen LogP contribution in [0.5, 0.6) is 5.75 Å². The van der Waals surface area contributed by atoms with Crippen LogP contribution in [0.25, 0.3) is 10.9 Å². The Balaban J connectivity index is 1.22. The van der Waals surface area contributed by atoms with Crippen LogP contribution in [0.15, 0.2) is 53.3 Å². The number of benzene rings is 2. The molecule has 0 unspecified atom stereocenters. The van der Waals surface area contributed by atoms with E-state index in [4.69, 9.17) is 16.3 Å². The highest BCUT2D eigenvalue weighted by molar-refractivity contribution is 6.32. The Morgan fingerprint density at radius 2 is 1.74 bits per heavy atom. The Kier molecular flexibility index (Phi) is 6.79. The minimum Gasteiger partial charge on any atom is -0.491 e. The number of fused-ring (bicyclic) bond motifs is 1. The van der Waals surface area contributed by atoms with Gasteiger partial charge in [-0.25, -0.2) is 4.68 Å². The van der Waals surface area contributed by atoms with Gasteiger partial charge in [-0.05, 0) is 24.3 Å². The SMILES string of the molecule is O=C(CCn1nnc2ccccc2c1=O)N1CCN(CCOc2ccccc2Cl)CC1. The predicted octanol–water partition coefficient (Wildman–Crippen LogP) is 2.06. The number of aromatic nitrogens is 3. The van der Waals surface area contributed by atoms with E-state index in [1.807, 2.05) is 29.2 Å². The first kappa shape index (κ1) is 21.3. The molecule has 0 aliphatic carbocycles. The van der Waals surface area contributed by atoms with Crippen molar-refractivity contribution in [1.29, 1.82) is 0 Å². The van der Waals surface area contributed by atoms with Crippen LogP contribution in [0.3, 0.4) is 0 Å². The number of carbonyl (C=O) groups is 1. The minimum absolute atomic E-state index is 0.0221. The number of carbonyl (C=O) groups excluding carboxylic acids is 1. The highest BCUT2D eigenvalue weighted by atomic mass is 35.5. The van der Waals surface area contributed by atoms with Gasteiger partial charge in [0.15, 0.2) is 0 Å². The van der Waals surface area contributed by atoms with Crippen molar-refractivity contribution in [1.82, 2.24) is 24.8 Å². The van der Waals surface area contributed by atoms with E-state index >= 15 is 0 Å². The Morgan fingerprint density at radius 1 is 1.00 bits per heavy atom. The van der Waals surface area contributed by atoms with E-state index in [0.717, 1.165) is 19.6 Å². The lowest BCUT2D eigenvalue weighted by molar-refractivity contribution is -0.133. The lowest BCUT2D eigenvalue weighted by Gasteiger charge is -2.34. The molecule has 3 aromatic rings. The molecule has 0 saturated carbocycles. The number of hydrogen-bond donors (Lipinski definition) is 0. The van der Waals surface area contributed by atoms with Gasteiger partial charge in [-0.2, -0.15) is 0 Å². The van der Waals surface area contributed by atoms with Crippen molar-refractivity contribution < 1.29 is 9.53 Å². The second-order valence-corrected chi connectivity index (χ2v) is 7.79. The summed E-state index contributed by atoms with van der Waals surface area (Å²) in [6, 6.07) is 14.5. The van der Waals surface area contributed by atoms with Crippen LogP contribution in [0.4, 0.5) is 0 Å². The largest absolute Gasteiger partial charge is 0.491 e. The molecule has 162 valence electrons. The molecule has 0 radical (unpaired) electrons. The maximum Gasteiger partial charge on any atom is 0.277 e. The first-order valence-electron chi connectivity index (χ1n) is 10.3. The third-order valence-electron chi connectivity index (χ3n) is 5.39. The maximum atomic E-state index is 12.6.